The lowest BCUT2D eigenvalue weighted by Crippen LogP contribution is -1.98. The van der Waals surface area contributed by atoms with Crippen molar-refractivity contribution in [3.05, 3.63) is 59.1 Å². The Morgan fingerprint density at radius 3 is 2.62 bits per heavy atom. The van der Waals surface area contributed by atoms with Crippen LogP contribution in [0, 0.1) is 0 Å². The van der Waals surface area contributed by atoms with E-state index in [1.54, 1.807) is 0 Å². The maximum atomic E-state index is 10.9. The smallest absolute Gasteiger partial charge is 0.303 e. The lowest BCUT2D eigenvalue weighted by Gasteiger charge is -2.03. The van der Waals surface area contributed by atoms with Gasteiger partial charge in [-0.15, -0.1) is 0 Å². The minimum atomic E-state index is -0.794. The first-order valence-corrected chi connectivity index (χ1v) is 7.10. The van der Waals surface area contributed by atoms with Crippen LogP contribution in [0.1, 0.15) is 12.0 Å². The van der Waals surface area contributed by atoms with Crippen molar-refractivity contribution < 1.29 is 9.90 Å². The van der Waals surface area contributed by atoms with Crippen LogP contribution in [0.2, 0.25) is 5.02 Å². The highest BCUT2D eigenvalue weighted by Crippen LogP contribution is 2.32. The summed E-state index contributed by atoms with van der Waals surface area (Å²) in [7, 11) is 0. The van der Waals surface area contributed by atoms with Crippen molar-refractivity contribution in [3.8, 4) is 11.3 Å². The molecule has 0 unspecified atom stereocenters. The Bertz CT molecular complexity index is 793. The molecular formula is C17H14ClNO2. The number of rotatable bonds is 4. The third-order valence-corrected chi connectivity index (χ3v) is 3.75. The van der Waals surface area contributed by atoms with Crippen molar-refractivity contribution in [2.24, 2.45) is 0 Å². The summed E-state index contributed by atoms with van der Waals surface area (Å²) in [6, 6.07) is 15.6. The lowest BCUT2D eigenvalue weighted by molar-refractivity contribution is -0.136. The van der Waals surface area contributed by atoms with E-state index in [4.69, 9.17) is 16.7 Å². The normalized spacial score (nSPS) is 10.9. The van der Waals surface area contributed by atoms with Gasteiger partial charge in [-0.1, -0.05) is 48.0 Å². The standard InChI is InChI=1S/C17H14ClNO2/c18-12-6-7-13-14(8-9-16(20)21)17(19-15(13)10-12)11-4-2-1-3-5-11/h1-7,10,19H,8-9H2,(H,20,21). The molecular weight excluding hydrogens is 286 g/mol. The molecule has 0 bridgehead atoms. The summed E-state index contributed by atoms with van der Waals surface area (Å²) in [5.74, 6) is -0.794. The predicted molar refractivity (Wildman–Crippen MR) is 84.7 cm³/mol. The number of carboxylic acids is 1. The number of carboxylic acid groups (broad SMARTS) is 1. The summed E-state index contributed by atoms with van der Waals surface area (Å²) in [6.07, 6.45) is 0.594. The molecule has 0 aliphatic rings. The van der Waals surface area contributed by atoms with Gasteiger partial charge in [0, 0.05) is 28.0 Å². The number of aliphatic carboxylic acids is 1. The molecule has 3 aromatic rings. The van der Waals surface area contributed by atoms with Crippen LogP contribution in [-0.4, -0.2) is 16.1 Å². The summed E-state index contributed by atoms with van der Waals surface area (Å²) in [4.78, 5) is 14.3. The van der Waals surface area contributed by atoms with Gasteiger partial charge in [0.25, 0.3) is 0 Å². The van der Waals surface area contributed by atoms with E-state index < -0.39 is 5.97 Å². The minimum absolute atomic E-state index is 0.107. The minimum Gasteiger partial charge on any atom is -0.481 e. The molecule has 2 aromatic carbocycles. The summed E-state index contributed by atoms with van der Waals surface area (Å²) in [5, 5.41) is 10.6. The first-order chi connectivity index (χ1) is 10.1. The largest absolute Gasteiger partial charge is 0.481 e. The number of halogens is 1. The molecule has 4 heteroatoms. The Labute approximate surface area is 127 Å². The van der Waals surface area contributed by atoms with Crippen LogP contribution < -0.4 is 0 Å². The van der Waals surface area contributed by atoms with Gasteiger partial charge in [0.1, 0.15) is 0 Å². The quantitative estimate of drug-likeness (QED) is 0.745. The highest BCUT2D eigenvalue weighted by Gasteiger charge is 2.14. The maximum Gasteiger partial charge on any atom is 0.303 e. The molecule has 3 nitrogen and oxygen atoms in total. The molecule has 0 aliphatic carbocycles. The van der Waals surface area contributed by atoms with E-state index >= 15 is 0 Å². The Morgan fingerprint density at radius 1 is 1.14 bits per heavy atom. The fraction of sp³-hybridized carbons (Fsp3) is 0.118. The van der Waals surface area contributed by atoms with Gasteiger partial charge in [-0.2, -0.15) is 0 Å². The number of nitrogens with one attached hydrogen (secondary N) is 1. The van der Waals surface area contributed by atoms with Crippen molar-refractivity contribution >= 4 is 28.5 Å². The number of benzene rings is 2. The first kappa shape index (κ1) is 13.7. The van der Waals surface area contributed by atoms with Gasteiger partial charge in [0.15, 0.2) is 0 Å². The molecule has 21 heavy (non-hydrogen) atoms. The Morgan fingerprint density at radius 2 is 1.90 bits per heavy atom. The third-order valence-electron chi connectivity index (χ3n) is 3.52. The maximum absolute atomic E-state index is 10.9. The molecule has 1 aromatic heterocycles. The van der Waals surface area contributed by atoms with Crippen LogP contribution in [0.3, 0.4) is 0 Å². The molecule has 0 amide bonds. The number of aromatic amines is 1. The van der Waals surface area contributed by atoms with Crippen LogP contribution in [-0.2, 0) is 11.2 Å². The van der Waals surface area contributed by atoms with Crippen molar-refractivity contribution in [2.75, 3.05) is 0 Å². The summed E-state index contributed by atoms with van der Waals surface area (Å²) >= 11 is 6.04. The number of carbonyl (C=O) groups is 1. The van der Waals surface area contributed by atoms with Crippen LogP contribution >= 0.6 is 11.6 Å². The fourth-order valence-corrected chi connectivity index (χ4v) is 2.74. The van der Waals surface area contributed by atoms with Gasteiger partial charge in [-0.3, -0.25) is 4.79 Å². The van der Waals surface area contributed by atoms with E-state index in [1.807, 2.05) is 48.5 Å². The molecule has 0 saturated carbocycles. The monoisotopic (exact) mass is 299 g/mol. The summed E-state index contributed by atoms with van der Waals surface area (Å²) < 4.78 is 0. The van der Waals surface area contributed by atoms with Crippen LogP contribution in [0.4, 0.5) is 0 Å². The summed E-state index contributed by atoms with van der Waals surface area (Å²) in [6.45, 7) is 0. The zero-order chi connectivity index (χ0) is 14.8. The van der Waals surface area contributed by atoms with E-state index in [0.29, 0.717) is 11.4 Å². The number of aryl methyl sites for hydroxylation is 1. The zero-order valence-electron chi connectivity index (χ0n) is 11.3. The highest BCUT2D eigenvalue weighted by molar-refractivity contribution is 6.31. The molecule has 0 atom stereocenters. The molecule has 2 N–H and O–H groups in total. The van der Waals surface area contributed by atoms with Crippen molar-refractivity contribution in [1.82, 2.24) is 4.98 Å². The molecule has 0 saturated heterocycles. The van der Waals surface area contributed by atoms with E-state index in [1.165, 1.54) is 0 Å². The van der Waals surface area contributed by atoms with E-state index in [-0.39, 0.29) is 6.42 Å². The topological polar surface area (TPSA) is 53.1 Å². The molecule has 1 heterocycles. The highest BCUT2D eigenvalue weighted by atomic mass is 35.5. The SMILES string of the molecule is O=C(O)CCc1c(-c2ccccc2)[nH]c2cc(Cl)ccc12. The third kappa shape index (κ3) is 2.78. The Balaban J connectivity index is 2.17. The lowest BCUT2D eigenvalue weighted by atomic mass is 10.0. The van der Waals surface area contributed by atoms with E-state index in [0.717, 1.165) is 27.7 Å². The molecule has 3 rings (SSSR count). The second-order valence-electron chi connectivity index (χ2n) is 4.93. The number of hydrogen-bond donors (Lipinski definition) is 2. The molecule has 0 spiro atoms. The number of fused-ring (bicyclic) bond motifs is 1. The van der Waals surface area contributed by atoms with Gasteiger partial charge in [-0.25, -0.2) is 0 Å². The van der Waals surface area contributed by atoms with E-state index in [9.17, 15) is 4.79 Å². The van der Waals surface area contributed by atoms with Gasteiger partial charge in [0.2, 0.25) is 0 Å². The number of H-pyrrole nitrogens is 1. The Hall–Kier alpha value is -2.26. The van der Waals surface area contributed by atoms with Crippen LogP contribution in [0.15, 0.2) is 48.5 Å². The molecule has 0 radical (unpaired) electrons. The number of aromatic nitrogens is 1. The predicted octanol–water partition coefficient (Wildman–Crippen LogP) is 4.51. The first-order valence-electron chi connectivity index (χ1n) is 6.72. The average Bonchev–Trinajstić information content (AvgIpc) is 2.83. The van der Waals surface area contributed by atoms with Gasteiger partial charge in [0.05, 0.1) is 0 Å². The molecule has 106 valence electrons. The molecule has 0 fully saturated rings. The van der Waals surface area contributed by atoms with Crippen molar-refractivity contribution in [2.45, 2.75) is 12.8 Å². The number of hydrogen-bond acceptors (Lipinski definition) is 1. The van der Waals surface area contributed by atoms with Crippen LogP contribution in [0.5, 0.6) is 0 Å². The second kappa shape index (κ2) is 5.62. The van der Waals surface area contributed by atoms with Crippen molar-refractivity contribution in [1.29, 1.82) is 0 Å². The van der Waals surface area contributed by atoms with Crippen LogP contribution in [0.25, 0.3) is 22.2 Å². The Kier molecular flexibility index (Phi) is 3.67. The van der Waals surface area contributed by atoms with Gasteiger partial charge < -0.3 is 10.1 Å². The van der Waals surface area contributed by atoms with Gasteiger partial charge >= 0.3 is 5.97 Å². The molecule has 0 aliphatic heterocycles. The average molecular weight is 300 g/mol. The second-order valence-corrected chi connectivity index (χ2v) is 5.36. The fourth-order valence-electron chi connectivity index (χ4n) is 2.57. The zero-order valence-corrected chi connectivity index (χ0v) is 12.0. The summed E-state index contributed by atoms with van der Waals surface area (Å²) in [5.41, 5.74) is 3.97. The van der Waals surface area contributed by atoms with Crippen molar-refractivity contribution in [3.63, 3.8) is 0 Å². The van der Waals surface area contributed by atoms with Gasteiger partial charge in [-0.05, 0) is 29.7 Å². The van der Waals surface area contributed by atoms with E-state index in [2.05, 4.69) is 4.98 Å².